The van der Waals surface area contributed by atoms with Crippen LogP contribution >= 0.6 is 0 Å². The minimum atomic E-state index is -6.21. The van der Waals surface area contributed by atoms with Gasteiger partial charge in [0.1, 0.15) is 24.9 Å². The summed E-state index contributed by atoms with van der Waals surface area (Å²) >= 11 is 0. The van der Waals surface area contributed by atoms with Crippen molar-refractivity contribution in [3.8, 4) is 0 Å². The molecule has 29 heavy (non-hydrogen) atoms. The van der Waals surface area contributed by atoms with E-state index in [2.05, 4.69) is 4.18 Å². The topological polar surface area (TPSA) is 136 Å². The molecule has 170 valence electrons. The van der Waals surface area contributed by atoms with Crippen LogP contribution in [0, 0.1) is 0 Å². The maximum atomic E-state index is 12.4. The fourth-order valence-corrected chi connectivity index (χ4v) is 5.28. The Labute approximate surface area is 165 Å². The van der Waals surface area contributed by atoms with Crippen LogP contribution in [0.5, 0.6) is 0 Å². The molecule has 0 aliphatic carbocycles. The molecule has 0 unspecified atom stereocenters. The second kappa shape index (κ2) is 6.70. The normalized spacial score (nSPS) is 36.6. The number of ether oxygens (including phenoxy) is 5. The largest absolute Gasteiger partial charge is 0.512 e. The van der Waals surface area contributed by atoms with Crippen molar-refractivity contribution in [3.05, 3.63) is 0 Å². The van der Waals surface area contributed by atoms with E-state index in [-0.39, 0.29) is 6.61 Å². The van der Waals surface area contributed by atoms with Gasteiger partial charge < -0.3 is 23.7 Å². The SMILES string of the molecule is CC1(C)O[C@@H]2[C@@H](CO[C@@]3(COS(=O)(=O)NS(=O)(=O)C(F)(F)F)OC(C)(C)O[C@@H]23)O1. The minimum Gasteiger partial charge on any atom is -0.343 e. The molecule has 3 aliphatic heterocycles. The van der Waals surface area contributed by atoms with Crippen molar-refractivity contribution in [1.29, 1.82) is 0 Å². The second-order valence-corrected chi connectivity index (χ2v) is 10.8. The van der Waals surface area contributed by atoms with Crippen molar-refractivity contribution in [2.24, 2.45) is 0 Å². The van der Waals surface area contributed by atoms with Crippen molar-refractivity contribution in [2.45, 2.75) is 68.9 Å². The zero-order valence-corrected chi connectivity index (χ0v) is 17.3. The molecule has 0 amide bonds. The van der Waals surface area contributed by atoms with Gasteiger partial charge in [-0.2, -0.15) is 21.6 Å². The lowest BCUT2D eigenvalue weighted by Gasteiger charge is -2.40. The molecule has 0 aromatic heterocycles. The Kier molecular flexibility index (Phi) is 5.33. The van der Waals surface area contributed by atoms with Crippen LogP contribution in [-0.4, -0.2) is 71.2 Å². The molecule has 3 fully saturated rings. The number of fused-ring (bicyclic) bond motifs is 3. The van der Waals surface area contributed by atoms with Crippen LogP contribution < -0.4 is 4.13 Å². The Morgan fingerprint density at radius 2 is 1.66 bits per heavy atom. The average Bonchev–Trinajstić information content (AvgIpc) is 2.95. The summed E-state index contributed by atoms with van der Waals surface area (Å²) < 4.78 is 116. The molecule has 11 nitrogen and oxygen atoms in total. The highest BCUT2D eigenvalue weighted by atomic mass is 32.3. The molecule has 0 spiro atoms. The quantitative estimate of drug-likeness (QED) is 0.587. The summed E-state index contributed by atoms with van der Waals surface area (Å²) in [7, 11) is -11.6. The van der Waals surface area contributed by atoms with E-state index in [9.17, 15) is 30.0 Å². The molecule has 0 saturated carbocycles. The number of nitrogens with one attached hydrogen (secondary N) is 1. The third-order valence-electron chi connectivity index (χ3n) is 4.21. The van der Waals surface area contributed by atoms with Gasteiger partial charge in [-0.1, -0.05) is 4.13 Å². The van der Waals surface area contributed by atoms with E-state index in [1.165, 1.54) is 13.8 Å². The van der Waals surface area contributed by atoms with Gasteiger partial charge in [0.15, 0.2) is 11.6 Å². The van der Waals surface area contributed by atoms with Crippen LogP contribution in [0.25, 0.3) is 0 Å². The average molecular weight is 471 g/mol. The van der Waals surface area contributed by atoms with Crippen LogP contribution in [-0.2, 0) is 48.2 Å². The van der Waals surface area contributed by atoms with Gasteiger partial charge in [0, 0.05) is 0 Å². The monoisotopic (exact) mass is 471 g/mol. The maximum Gasteiger partial charge on any atom is 0.512 e. The molecule has 3 rings (SSSR count). The van der Waals surface area contributed by atoms with Gasteiger partial charge in [0.2, 0.25) is 5.79 Å². The molecule has 3 heterocycles. The Morgan fingerprint density at radius 1 is 1.03 bits per heavy atom. The smallest absolute Gasteiger partial charge is 0.343 e. The maximum absolute atomic E-state index is 12.4. The van der Waals surface area contributed by atoms with Crippen LogP contribution in [0.4, 0.5) is 13.2 Å². The summed E-state index contributed by atoms with van der Waals surface area (Å²) in [5.41, 5.74) is -5.85. The number of halogens is 3. The van der Waals surface area contributed by atoms with Crippen LogP contribution in [0.1, 0.15) is 27.7 Å². The Hall–Kier alpha value is -0.590. The molecule has 0 radical (unpaired) electrons. The number of hydrogen-bond acceptors (Lipinski definition) is 10. The van der Waals surface area contributed by atoms with Gasteiger partial charge in [-0.15, -0.1) is 0 Å². The van der Waals surface area contributed by atoms with Gasteiger partial charge in [0.05, 0.1) is 6.61 Å². The lowest BCUT2D eigenvalue weighted by Crippen LogP contribution is -2.61. The molecule has 4 atom stereocenters. The first-order chi connectivity index (χ1) is 12.9. The molecular weight excluding hydrogens is 451 g/mol. The minimum absolute atomic E-state index is 0.123. The number of rotatable bonds is 5. The predicted octanol–water partition coefficient (Wildman–Crippen LogP) is 0.0851. The summed E-state index contributed by atoms with van der Waals surface area (Å²) in [6.45, 7) is 5.14. The summed E-state index contributed by atoms with van der Waals surface area (Å²) in [6.07, 6.45) is -2.42. The number of hydrogen-bond donors (Lipinski definition) is 1. The van der Waals surface area contributed by atoms with E-state index in [0.717, 1.165) is 0 Å². The van der Waals surface area contributed by atoms with Crippen molar-refractivity contribution in [1.82, 2.24) is 4.13 Å². The lowest BCUT2D eigenvalue weighted by molar-refractivity contribution is -0.290. The highest BCUT2D eigenvalue weighted by Gasteiger charge is 2.66. The zero-order chi connectivity index (χ0) is 22.1. The molecule has 0 aromatic rings. The van der Waals surface area contributed by atoms with Gasteiger partial charge in [-0.25, -0.2) is 8.42 Å². The van der Waals surface area contributed by atoms with Crippen molar-refractivity contribution in [2.75, 3.05) is 13.2 Å². The van der Waals surface area contributed by atoms with E-state index >= 15 is 0 Å². The fourth-order valence-electron chi connectivity index (χ4n) is 3.31. The van der Waals surface area contributed by atoms with Crippen molar-refractivity contribution >= 4 is 20.3 Å². The molecular formula is C13H20F3NO10S2. The Bertz CT molecular complexity index is 872. The molecule has 3 saturated heterocycles. The lowest BCUT2D eigenvalue weighted by atomic mass is 9.98. The van der Waals surface area contributed by atoms with Crippen LogP contribution in [0.15, 0.2) is 0 Å². The van der Waals surface area contributed by atoms with Crippen LogP contribution in [0.2, 0.25) is 0 Å². The predicted molar refractivity (Wildman–Crippen MR) is 85.5 cm³/mol. The van der Waals surface area contributed by atoms with E-state index in [1.807, 2.05) is 0 Å². The van der Waals surface area contributed by atoms with Gasteiger partial charge in [0.25, 0.3) is 0 Å². The second-order valence-electron chi connectivity index (χ2n) is 7.55. The Morgan fingerprint density at radius 3 is 2.24 bits per heavy atom. The first-order valence-electron chi connectivity index (χ1n) is 8.24. The molecule has 1 N–H and O–H groups in total. The van der Waals surface area contributed by atoms with Crippen LogP contribution in [0.3, 0.4) is 0 Å². The first kappa shape index (κ1) is 23.1. The number of alkyl halides is 3. The summed E-state index contributed by atoms with van der Waals surface area (Å²) in [4.78, 5) is 0. The summed E-state index contributed by atoms with van der Waals surface area (Å²) in [5.74, 6) is -4.19. The fraction of sp³-hybridized carbons (Fsp3) is 1.00. The number of sulfonamides is 1. The molecule has 0 bridgehead atoms. The molecule has 16 heteroatoms. The van der Waals surface area contributed by atoms with Gasteiger partial charge in [-0.05, 0) is 27.7 Å². The van der Waals surface area contributed by atoms with E-state index < -0.39 is 68.1 Å². The van der Waals surface area contributed by atoms with Crippen molar-refractivity contribution in [3.63, 3.8) is 0 Å². The third kappa shape index (κ3) is 4.54. The van der Waals surface area contributed by atoms with Gasteiger partial charge in [-0.3, -0.25) is 4.18 Å². The highest BCUT2D eigenvalue weighted by molar-refractivity contribution is 8.03. The van der Waals surface area contributed by atoms with Crippen molar-refractivity contribution < 1.29 is 57.9 Å². The van der Waals surface area contributed by atoms with E-state index in [4.69, 9.17) is 23.7 Å². The van der Waals surface area contributed by atoms with Gasteiger partial charge >= 0.3 is 25.8 Å². The molecule has 3 aliphatic rings. The zero-order valence-electron chi connectivity index (χ0n) is 15.7. The first-order valence-corrected chi connectivity index (χ1v) is 11.1. The summed E-state index contributed by atoms with van der Waals surface area (Å²) in [6, 6.07) is 0. The third-order valence-corrected chi connectivity index (χ3v) is 6.94. The van der Waals surface area contributed by atoms with E-state index in [1.54, 1.807) is 13.8 Å². The van der Waals surface area contributed by atoms with E-state index in [0.29, 0.717) is 4.13 Å². The molecule has 0 aromatic carbocycles. The Balaban J connectivity index is 1.80. The summed E-state index contributed by atoms with van der Waals surface area (Å²) in [5, 5.41) is 0. The highest BCUT2D eigenvalue weighted by Crippen LogP contribution is 2.47. The standard InChI is InChI=1S/C13H20F3NO10S2/c1-10(2)24-7-5-22-12(9(8(7)25-10)26-11(3,4)27-12)6-23-29(20,21)17-28(18,19)13(14,15)16/h7-9,17H,5-6H2,1-4H3/t7-,8-,9+,12+/m1/s1.